The maximum atomic E-state index is 11.9. The van der Waals surface area contributed by atoms with Gasteiger partial charge in [0.2, 0.25) is 0 Å². The molecule has 0 saturated carbocycles. The summed E-state index contributed by atoms with van der Waals surface area (Å²) < 4.78 is 0. The van der Waals surface area contributed by atoms with E-state index in [-0.39, 0.29) is 11.4 Å². The molecule has 0 saturated heterocycles. The smallest absolute Gasteiger partial charge is 0.308 e. The number of nitro benzene ring substituents is 1. The lowest BCUT2D eigenvalue weighted by Gasteiger charge is -2.09. The molecule has 2 amide bonds. The summed E-state index contributed by atoms with van der Waals surface area (Å²) in [5.41, 5.74) is 1.07. The molecular formula is C14H11Cl2N3O3. The SMILES string of the molecule is Cc1ccc(NC(=O)Nc2ccc(Cl)c(Cl)c2)c([N+](=O)[O-])c1. The van der Waals surface area contributed by atoms with E-state index in [1.54, 1.807) is 19.1 Å². The zero-order valence-electron chi connectivity index (χ0n) is 11.4. The first-order valence-electron chi connectivity index (χ1n) is 6.15. The maximum Gasteiger partial charge on any atom is 0.323 e. The summed E-state index contributed by atoms with van der Waals surface area (Å²) in [5, 5.41) is 16.6. The molecule has 0 radical (unpaired) electrons. The highest BCUT2D eigenvalue weighted by atomic mass is 35.5. The van der Waals surface area contributed by atoms with Gasteiger partial charge >= 0.3 is 6.03 Å². The Labute approximate surface area is 136 Å². The highest BCUT2D eigenvalue weighted by Gasteiger charge is 2.16. The van der Waals surface area contributed by atoms with Gasteiger partial charge in [0.25, 0.3) is 5.69 Å². The fraction of sp³-hybridized carbons (Fsp3) is 0.0714. The second-order valence-electron chi connectivity index (χ2n) is 4.49. The molecule has 2 aromatic rings. The van der Waals surface area contributed by atoms with E-state index in [1.165, 1.54) is 24.3 Å². The summed E-state index contributed by atoms with van der Waals surface area (Å²) in [4.78, 5) is 22.4. The highest BCUT2D eigenvalue weighted by molar-refractivity contribution is 6.42. The molecule has 2 N–H and O–H groups in total. The van der Waals surface area contributed by atoms with E-state index >= 15 is 0 Å². The molecule has 0 fully saturated rings. The van der Waals surface area contributed by atoms with Crippen LogP contribution in [0.15, 0.2) is 36.4 Å². The van der Waals surface area contributed by atoms with Crippen molar-refractivity contribution in [2.45, 2.75) is 6.92 Å². The minimum atomic E-state index is -0.620. The molecule has 0 aromatic heterocycles. The lowest BCUT2D eigenvalue weighted by molar-refractivity contribution is -0.384. The first kappa shape index (κ1) is 16.1. The number of nitrogens with one attached hydrogen (secondary N) is 2. The number of rotatable bonds is 3. The molecule has 0 spiro atoms. The average molecular weight is 340 g/mol. The fourth-order valence-electron chi connectivity index (χ4n) is 1.76. The number of anilines is 2. The monoisotopic (exact) mass is 339 g/mol. The van der Waals surface area contributed by atoms with Crippen molar-refractivity contribution >= 4 is 46.3 Å². The molecule has 0 aliphatic carbocycles. The Morgan fingerprint density at radius 1 is 1.09 bits per heavy atom. The third-order valence-corrected chi connectivity index (χ3v) is 3.51. The Morgan fingerprint density at radius 3 is 2.45 bits per heavy atom. The number of hydrogen-bond acceptors (Lipinski definition) is 3. The van der Waals surface area contributed by atoms with E-state index in [1.807, 2.05) is 0 Å². The van der Waals surface area contributed by atoms with Gasteiger partial charge in [-0.15, -0.1) is 0 Å². The van der Waals surface area contributed by atoms with Gasteiger partial charge in [-0.25, -0.2) is 4.79 Å². The molecule has 0 aliphatic rings. The summed E-state index contributed by atoms with van der Waals surface area (Å²) in [6.07, 6.45) is 0. The van der Waals surface area contributed by atoms with E-state index in [2.05, 4.69) is 10.6 Å². The van der Waals surface area contributed by atoms with Crippen LogP contribution in [-0.4, -0.2) is 11.0 Å². The van der Waals surface area contributed by atoms with Crippen molar-refractivity contribution in [2.75, 3.05) is 10.6 Å². The standard InChI is InChI=1S/C14H11Cl2N3O3/c1-8-2-5-12(13(6-8)19(21)22)18-14(20)17-9-3-4-10(15)11(16)7-9/h2-7H,1H3,(H2,17,18,20). The summed E-state index contributed by atoms with van der Waals surface area (Å²) >= 11 is 11.6. The van der Waals surface area contributed by atoms with Crippen LogP contribution in [0.25, 0.3) is 0 Å². The molecule has 6 nitrogen and oxygen atoms in total. The normalized spacial score (nSPS) is 10.1. The van der Waals surface area contributed by atoms with Gasteiger partial charge in [0, 0.05) is 11.8 Å². The van der Waals surface area contributed by atoms with Gasteiger partial charge in [0.05, 0.1) is 15.0 Å². The lowest BCUT2D eigenvalue weighted by atomic mass is 10.2. The van der Waals surface area contributed by atoms with Gasteiger partial charge in [0.15, 0.2) is 0 Å². The van der Waals surface area contributed by atoms with Crippen molar-refractivity contribution in [1.29, 1.82) is 0 Å². The van der Waals surface area contributed by atoms with Crippen LogP contribution >= 0.6 is 23.2 Å². The van der Waals surface area contributed by atoms with E-state index in [9.17, 15) is 14.9 Å². The van der Waals surface area contributed by atoms with Crippen LogP contribution in [0.3, 0.4) is 0 Å². The largest absolute Gasteiger partial charge is 0.323 e. The molecule has 2 aromatic carbocycles. The second kappa shape index (κ2) is 6.64. The Balaban J connectivity index is 2.15. The van der Waals surface area contributed by atoms with Crippen molar-refractivity contribution < 1.29 is 9.72 Å². The molecule has 0 unspecified atom stereocenters. The van der Waals surface area contributed by atoms with Gasteiger partial charge in [-0.2, -0.15) is 0 Å². The highest BCUT2D eigenvalue weighted by Crippen LogP contribution is 2.27. The lowest BCUT2D eigenvalue weighted by Crippen LogP contribution is -2.20. The quantitative estimate of drug-likeness (QED) is 0.618. The Kier molecular flexibility index (Phi) is 4.85. The minimum absolute atomic E-state index is 0.105. The summed E-state index contributed by atoms with van der Waals surface area (Å²) in [6, 6.07) is 8.49. The maximum absolute atomic E-state index is 11.9. The average Bonchev–Trinajstić information content (AvgIpc) is 2.44. The number of aryl methyl sites for hydroxylation is 1. The summed E-state index contributed by atoms with van der Waals surface area (Å²) in [7, 11) is 0. The first-order chi connectivity index (χ1) is 10.4. The molecule has 0 heterocycles. The third-order valence-electron chi connectivity index (χ3n) is 2.78. The molecule has 22 heavy (non-hydrogen) atoms. The molecular weight excluding hydrogens is 329 g/mol. The predicted molar refractivity (Wildman–Crippen MR) is 86.9 cm³/mol. The van der Waals surface area contributed by atoms with Crippen LogP contribution in [0, 0.1) is 17.0 Å². The van der Waals surface area contributed by atoms with Crippen LogP contribution in [0.2, 0.25) is 10.0 Å². The van der Waals surface area contributed by atoms with Gasteiger partial charge in [-0.1, -0.05) is 29.3 Å². The van der Waals surface area contributed by atoms with E-state index in [4.69, 9.17) is 23.2 Å². The second-order valence-corrected chi connectivity index (χ2v) is 5.30. The molecule has 0 aliphatic heterocycles. The molecule has 8 heteroatoms. The molecule has 0 bridgehead atoms. The van der Waals surface area contributed by atoms with E-state index < -0.39 is 11.0 Å². The van der Waals surface area contributed by atoms with Crippen molar-refractivity contribution in [2.24, 2.45) is 0 Å². The number of amides is 2. The molecule has 0 atom stereocenters. The zero-order chi connectivity index (χ0) is 16.3. The topological polar surface area (TPSA) is 84.3 Å². The summed E-state index contributed by atoms with van der Waals surface area (Å²) in [6.45, 7) is 1.73. The first-order valence-corrected chi connectivity index (χ1v) is 6.90. The number of carbonyl (C=O) groups excluding carboxylic acids is 1. The summed E-state index contributed by atoms with van der Waals surface area (Å²) in [5.74, 6) is 0. The van der Waals surface area contributed by atoms with Crippen LogP contribution in [0.4, 0.5) is 21.9 Å². The van der Waals surface area contributed by atoms with Gasteiger partial charge in [-0.05, 0) is 36.8 Å². The molecule has 114 valence electrons. The number of nitrogens with zero attached hydrogens (tertiary/aromatic N) is 1. The number of urea groups is 1. The Bertz CT molecular complexity index is 750. The van der Waals surface area contributed by atoms with E-state index in [0.29, 0.717) is 15.7 Å². The third kappa shape index (κ3) is 3.87. The van der Waals surface area contributed by atoms with Gasteiger partial charge in [0.1, 0.15) is 5.69 Å². The van der Waals surface area contributed by atoms with Gasteiger partial charge < -0.3 is 10.6 Å². The fourth-order valence-corrected chi connectivity index (χ4v) is 2.06. The zero-order valence-corrected chi connectivity index (χ0v) is 12.9. The predicted octanol–water partition coefficient (Wildman–Crippen LogP) is 4.85. The van der Waals surface area contributed by atoms with E-state index in [0.717, 1.165) is 5.56 Å². The Hall–Kier alpha value is -2.31. The number of hydrogen-bond donors (Lipinski definition) is 2. The number of halogens is 2. The Morgan fingerprint density at radius 2 is 1.82 bits per heavy atom. The number of benzene rings is 2. The molecule has 2 rings (SSSR count). The van der Waals surface area contributed by atoms with Crippen LogP contribution in [-0.2, 0) is 0 Å². The van der Waals surface area contributed by atoms with Gasteiger partial charge in [-0.3, -0.25) is 10.1 Å². The van der Waals surface area contributed by atoms with Crippen molar-refractivity contribution in [3.05, 3.63) is 62.1 Å². The van der Waals surface area contributed by atoms with Crippen molar-refractivity contribution in [1.82, 2.24) is 0 Å². The van der Waals surface area contributed by atoms with Crippen molar-refractivity contribution in [3.8, 4) is 0 Å². The van der Waals surface area contributed by atoms with Crippen LogP contribution in [0.5, 0.6) is 0 Å². The van der Waals surface area contributed by atoms with Crippen LogP contribution in [0.1, 0.15) is 5.56 Å². The minimum Gasteiger partial charge on any atom is -0.308 e. The number of nitro groups is 1. The van der Waals surface area contributed by atoms with Crippen LogP contribution < -0.4 is 10.6 Å². The van der Waals surface area contributed by atoms with Crippen molar-refractivity contribution in [3.63, 3.8) is 0 Å². The number of carbonyl (C=O) groups is 1.